The van der Waals surface area contributed by atoms with Gasteiger partial charge in [0.1, 0.15) is 22.1 Å². The number of aliphatic imine (C=N–C) groups is 1. The van der Waals surface area contributed by atoms with E-state index in [-0.39, 0.29) is 17.9 Å². The zero-order valence-electron chi connectivity index (χ0n) is 19.5. The molecule has 0 unspecified atom stereocenters. The highest BCUT2D eigenvalue weighted by Gasteiger charge is 2.33. The van der Waals surface area contributed by atoms with Crippen molar-refractivity contribution in [1.29, 1.82) is 0 Å². The molecule has 33 heavy (non-hydrogen) atoms. The second-order valence-corrected chi connectivity index (χ2v) is 8.19. The molecule has 0 fully saturated rings. The maximum Gasteiger partial charge on any atom is 0.344 e. The Bertz CT molecular complexity index is 1050. The molecule has 0 saturated carbocycles. The number of rotatable bonds is 9. The fourth-order valence-corrected chi connectivity index (χ4v) is 4.45. The van der Waals surface area contributed by atoms with Gasteiger partial charge in [0.2, 0.25) is 0 Å². The summed E-state index contributed by atoms with van der Waals surface area (Å²) in [5, 5.41) is 11.3. The van der Waals surface area contributed by atoms with Gasteiger partial charge in [-0.3, -0.25) is 0 Å². The van der Waals surface area contributed by atoms with E-state index in [9.17, 15) is 9.90 Å². The number of carbonyl (C=O) groups is 1. The van der Waals surface area contributed by atoms with Crippen molar-refractivity contribution in [2.24, 2.45) is 4.99 Å². The highest BCUT2D eigenvalue weighted by Crippen LogP contribution is 2.40. The van der Waals surface area contributed by atoms with Crippen LogP contribution < -0.4 is 9.64 Å². The van der Waals surface area contributed by atoms with Gasteiger partial charge in [-0.15, -0.1) is 0 Å². The molecule has 2 aromatic carbocycles. The van der Waals surface area contributed by atoms with Crippen LogP contribution in [0.3, 0.4) is 0 Å². The minimum atomic E-state index is -0.590. The molecular weight excluding hydrogens is 436 g/mol. The quantitative estimate of drug-likeness (QED) is 0.449. The molecule has 7 heteroatoms. The Labute approximate surface area is 199 Å². The SMILES string of the molecule is CCOC(=O)C1=C(O)/C(=C\c2ccc(N(CC)CC)cc2)SC1=Nc1ccc(OCC)cc1. The smallest absolute Gasteiger partial charge is 0.344 e. The van der Waals surface area contributed by atoms with Gasteiger partial charge in [0.25, 0.3) is 0 Å². The van der Waals surface area contributed by atoms with E-state index in [1.807, 2.05) is 49.4 Å². The largest absolute Gasteiger partial charge is 0.506 e. The number of aliphatic hydroxyl groups is 1. The second kappa shape index (κ2) is 11.6. The van der Waals surface area contributed by atoms with E-state index >= 15 is 0 Å². The van der Waals surface area contributed by atoms with E-state index in [0.29, 0.717) is 22.2 Å². The molecule has 1 aliphatic rings. The lowest BCUT2D eigenvalue weighted by molar-refractivity contribution is -0.138. The fraction of sp³-hybridized carbons (Fsp3) is 0.308. The molecule has 0 saturated heterocycles. The van der Waals surface area contributed by atoms with Crippen LogP contribution in [0.25, 0.3) is 6.08 Å². The van der Waals surface area contributed by atoms with Gasteiger partial charge in [0.15, 0.2) is 0 Å². The zero-order chi connectivity index (χ0) is 23.8. The maximum atomic E-state index is 12.6. The average molecular weight is 467 g/mol. The number of carbonyl (C=O) groups excluding carboxylic acids is 1. The molecule has 3 rings (SSSR count). The summed E-state index contributed by atoms with van der Waals surface area (Å²) < 4.78 is 10.6. The van der Waals surface area contributed by atoms with Crippen LogP contribution in [0.15, 0.2) is 69.8 Å². The Morgan fingerprint density at radius 1 is 1.00 bits per heavy atom. The third kappa shape index (κ3) is 5.99. The molecule has 6 nitrogen and oxygen atoms in total. The van der Waals surface area contributed by atoms with Crippen LogP contribution in [0, 0.1) is 0 Å². The number of benzene rings is 2. The van der Waals surface area contributed by atoms with E-state index in [1.165, 1.54) is 11.8 Å². The molecular formula is C26H30N2O4S. The van der Waals surface area contributed by atoms with Gasteiger partial charge in [-0.1, -0.05) is 23.9 Å². The molecule has 2 aromatic rings. The van der Waals surface area contributed by atoms with E-state index in [4.69, 9.17) is 9.47 Å². The molecule has 0 amide bonds. The van der Waals surface area contributed by atoms with Crippen LogP contribution in [0.1, 0.15) is 33.3 Å². The Morgan fingerprint density at radius 2 is 1.67 bits per heavy atom. The number of esters is 1. The van der Waals surface area contributed by atoms with Gasteiger partial charge in [-0.25, -0.2) is 9.79 Å². The third-order valence-corrected chi connectivity index (χ3v) is 6.09. The van der Waals surface area contributed by atoms with Crippen molar-refractivity contribution in [3.05, 3.63) is 70.3 Å². The van der Waals surface area contributed by atoms with Crippen molar-refractivity contribution < 1.29 is 19.4 Å². The van der Waals surface area contributed by atoms with E-state index in [2.05, 4.69) is 35.9 Å². The van der Waals surface area contributed by atoms with Gasteiger partial charge in [0.05, 0.1) is 23.8 Å². The number of aliphatic hydroxyl groups excluding tert-OH is 1. The summed E-state index contributed by atoms with van der Waals surface area (Å²) in [5.41, 5.74) is 2.80. The number of anilines is 1. The van der Waals surface area contributed by atoms with Crippen molar-refractivity contribution >= 4 is 40.2 Å². The van der Waals surface area contributed by atoms with Crippen LogP contribution in [0.4, 0.5) is 11.4 Å². The predicted molar refractivity (Wildman–Crippen MR) is 137 cm³/mol. The lowest BCUT2D eigenvalue weighted by atomic mass is 10.1. The lowest BCUT2D eigenvalue weighted by Gasteiger charge is -2.20. The molecule has 0 spiro atoms. The predicted octanol–water partition coefficient (Wildman–Crippen LogP) is 6.12. The van der Waals surface area contributed by atoms with E-state index in [0.717, 1.165) is 30.1 Å². The zero-order valence-corrected chi connectivity index (χ0v) is 20.3. The minimum Gasteiger partial charge on any atom is -0.506 e. The Morgan fingerprint density at radius 3 is 2.24 bits per heavy atom. The standard InChI is InChI=1S/C26H30N2O4S/c1-5-28(6-2)20-13-9-18(10-14-20)17-22-24(29)23(26(30)32-8-4)25(33-22)27-19-11-15-21(16-12-19)31-7-3/h9-17,29H,5-8H2,1-4H3/b22-17+,27-25?. The van der Waals surface area contributed by atoms with Crippen molar-refractivity contribution in [2.45, 2.75) is 27.7 Å². The van der Waals surface area contributed by atoms with Crippen LogP contribution in [0.5, 0.6) is 5.75 Å². The number of thioether (sulfide) groups is 1. The van der Waals surface area contributed by atoms with Crippen LogP contribution >= 0.6 is 11.8 Å². The van der Waals surface area contributed by atoms with Gasteiger partial charge in [0, 0.05) is 18.8 Å². The van der Waals surface area contributed by atoms with Crippen LogP contribution in [-0.2, 0) is 9.53 Å². The third-order valence-electron chi connectivity index (χ3n) is 5.07. The summed E-state index contributed by atoms with van der Waals surface area (Å²) in [7, 11) is 0. The van der Waals surface area contributed by atoms with Gasteiger partial charge >= 0.3 is 5.97 Å². The summed E-state index contributed by atoms with van der Waals surface area (Å²) in [5.74, 6) is 0.0432. The summed E-state index contributed by atoms with van der Waals surface area (Å²) in [6.45, 7) is 10.6. The summed E-state index contributed by atoms with van der Waals surface area (Å²) in [4.78, 5) is 20.0. The van der Waals surface area contributed by atoms with Crippen molar-refractivity contribution in [3.63, 3.8) is 0 Å². The molecule has 0 radical (unpaired) electrons. The molecule has 0 bridgehead atoms. The van der Waals surface area contributed by atoms with Crippen LogP contribution in [0.2, 0.25) is 0 Å². The monoisotopic (exact) mass is 466 g/mol. The fourth-order valence-electron chi connectivity index (χ4n) is 3.41. The lowest BCUT2D eigenvalue weighted by Crippen LogP contribution is -2.21. The van der Waals surface area contributed by atoms with Crippen LogP contribution in [-0.4, -0.2) is 42.4 Å². The Kier molecular flexibility index (Phi) is 8.60. The van der Waals surface area contributed by atoms with Gasteiger partial charge < -0.3 is 19.5 Å². The van der Waals surface area contributed by atoms with E-state index in [1.54, 1.807) is 6.92 Å². The average Bonchev–Trinajstić information content (AvgIpc) is 3.12. The molecule has 0 aliphatic carbocycles. The van der Waals surface area contributed by atoms with E-state index < -0.39 is 5.97 Å². The molecule has 174 valence electrons. The van der Waals surface area contributed by atoms with Crippen molar-refractivity contribution in [1.82, 2.24) is 0 Å². The highest BCUT2D eigenvalue weighted by atomic mass is 32.2. The van der Waals surface area contributed by atoms with Gasteiger partial charge in [-0.05, 0) is 75.7 Å². The number of hydrogen-bond acceptors (Lipinski definition) is 7. The molecule has 0 aromatic heterocycles. The normalized spacial score (nSPS) is 15.9. The first-order valence-corrected chi connectivity index (χ1v) is 12.0. The summed E-state index contributed by atoms with van der Waals surface area (Å²) in [6.07, 6.45) is 1.85. The number of nitrogens with zero attached hydrogens (tertiary/aromatic N) is 2. The summed E-state index contributed by atoms with van der Waals surface area (Å²) >= 11 is 1.25. The molecule has 1 heterocycles. The number of ether oxygens (including phenoxy) is 2. The Balaban J connectivity index is 1.93. The first kappa shape index (κ1) is 24.5. The molecule has 1 N–H and O–H groups in total. The summed E-state index contributed by atoms with van der Waals surface area (Å²) in [6, 6.07) is 15.4. The molecule has 1 aliphatic heterocycles. The first-order valence-electron chi connectivity index (χ1n) is 11.2. The Hall–Kier alpha value is -3.19. The minimum absolute atomic E-state index is 0.0849. The van der Waals surface area contributed by atoms with Gasteiger partial charge in [-0.2, -0.15) is 0 Å². The van der Waals surface area contributed by atoms with Crippen molar-refractivity contribution in [3.8, 4) is 5.75 Å². The second-order valence-electron chi connectivity index (χ2n) is 7.16. The van der Waals surface area contributed by atoms with Crippen molar-refractivity contribution in [2.75, 3.05) is 31.2 Å². The first-order chi connectivity index (χ1) is 16.0. The maximum absolute atomic E-state index is 12.6. The number of hydrogen-bond donors (Lipinski definition) is 1. The molecule has 0 atom stereocenters. The highest BCUT2D eigenvalue weighted by molar-refractivity contribution is 8.18. The topological polar surface area (TPSA) is 71.4 Å².